The van der Waals surface area contributed by atoms with Gasteiger partial charge in [-0.15, -0.1) is 15.3 Å². The van der Waals surface area contributed by atoms with Crippen molar-refractivity contribution in [2.75, 3.05) is 23.7 Å². The molecule has 0 spiro atoms. The molecule has 3 heterocycles. The predicted molar refractivity (Wildman–Crippen MR) is 109 cm³/mol. The van der Waals surface area contributed by atoms with Gasteiger partial charge in [0.25, 0.3) is 0 Å². The molecule has 0 aliphatic carbocycles. The van der Waals surface area contributed by atoms with Gasteiger partial charge in [0.1, 0.15) is 5.82 Å². The van der Waals surface area contributed by atoms with Crippen molar-refractivity contribution in [1.29, 1.82) is 0 Å². The number of hydrogen-bond acceptors (Lipinski definition) is 6. The second-order valence-corrected chi connectivity index (χ2v) is 9.44. The van der Waals surface area contributed by atoms with Crippen LogP contribution in [-0.4, -0.2) is 47.1 Å². The average Bonchev–Trinajstić information content (AvgIpc) is 3.03. The number of sulfonamides is 1. The number of nitrogens with two attached hydrogens (primary N) is 1. The maximum absolute atomic E-state index is 11.3. The third kappa shape index (κ3) is 4.22. The number of anilines is 1. The maximum Gasteiger partial charge on any atom is 0.209 e. The summed E-state index contributed by atoms with van der Waals surface area (Å²) >= 11 is 12.2. The van der Waals surface area contributed by atoms with Gasteiger partial charge in [-0.3, -0.25) is 0 Å². The van der Waals surface area contributed by atoms with E-state index in [0.29, 0.717) is 34.6 Å². The SMILES string of the molecule is NS(=O)(=O)CC1CCN(c2ccc3nnc(-c4cc(Cl)cc(Cl)c4)n3n2)CC1. The van der Waals surface area contributed by atoms with Crippen LogP contribution >= 0.6 is 23.2 Å². The third-order valence-electron chi connectivity index (χ3n) is 4.78. The van der Waals surface area contributed by atoms with Gasteiger partial charge in [-0.1, -0.05) is 23.2 Å². The molecule has 0 bridgehead atoms. The minimum absolute atomic E-state index is 0.0262. The van der Waals surface area contributed by atoms with Crippen LogP contribution < -0.4 is 10.0 Å². The van der Waals surface area contributed by atoms with Crippen LogP contribution in [-0.2, 0) is 10.0 Å². The monoisotopic (exact) mass is 440 g/mol. The lowest BCUT2D eigenvalue weighted by atomic mass is 9.99. The first-order valence-electron chi connectivity index (χ1n) is 8.73. The van der Waals surface area contributed by atoms with Gasteiger partial charge in [0.05, 0.1) is 5.75 Å². The van der Waals surface area contributed by atoms with Crippen LogP contribution in [0.15, 0.2) is 30.3 Å². The fourth-order valence-corrected chi connectivity index (χ4v) is 4.98. The molecule has 1 saturated heterocycles. The smallest absolute Gasteiger partial charge is 0.209 e. The zero-order chi connectivity index (χ0) is 19.9. The molecule has 3 aromatic rings. The van der Waals surface area contributed by atoms with Crippen LogP contribution in [0, 0.1) is 5.92 Å². The van der Waals surface area contributed by atoms with E-state index in [4.69, 9.17) is 28.3 Å². The van der Waals surface area contributed by atoms with Gasteiger partial charge in [0.15, 0.2) is 11.5 Å². The Bertz CT molecular complexity index is 1110. The molecule has 148 valence electrons. The van der Waals surface area contributed by atoms with E-state index in [1.807, 2.05) is 12.1 Å². The standard InChI is InChI=1S/C17H18Cl2N6O2S/c18-13-7-12(8-14(19)9-13)17-22-21-15-1-2-16(23-25(15)17)24-5-3-11(4-6-24)10-28(20,26)27/h1-2,7-9,11H,3-6,10H2,(H2,20,26,27). The van der Waals surface area contributed by atoms with Crippen molar-refractivity contribution >= 4 is 44.7 Å². The fraction of sp³-hybridized carbons (Fsp3) is 0.353. The summed E-state index contributed by atoms with van der Waals surface area (Å²) in [5, 5.41) is 19.2. The van der Waals surface area contributed by atoms with Gasteiger partial charge in [0.2, 0.25) is 10.0 Å². The zero-order valence-corrected chi connectivity index (χ0v) is 17.1. The Labute approximate surface area is 172 Å². The van der Waals surface area contributed by atoms with Crippen LogP contribution in [0.25, 0.3) is 17.0 Å². The number of rotatable bonds is 4. The molecule has 11 heteroatoms. The molecule has 0 atom stereocenters. The number of aromatic nitrogens is 4. The van der Waals surface area contributed by atoms with Gasteiger partial charge < -0.3 is 4.90 Å². The Morgan fingerprint density at radius 1 is 1.07 bits per heavy atom. The second kappa shape index (κ2) is 7.47. The van der Waals surface area contributed by atoms with Crippen LogP contribution in [0.2, 0.25) is 10.0 Å². The molecule has 8 nitrogen and oxygen atoms in total. The summed E-state index contributed by atoms with van der Waals surface area (Å²) < 4.78 is 24.3. The van der Waals surface area contributed by atoms with Crippen molar-refractivity contribution in [2.45, 2.75) is 12.8 Å². The van der Waals surface area contributed by atoms with Crippen molar-refractivity contribution in [3.8, 4) is 11.4 Å². The molecule has 0 radical (unpaired) electrons. The minimum Gasteiger partial charge on any atom is -0.355 e. The molecule has 0 saturated carbocycles. The largest absolute Gasteiger partial charge is 0.355 e. The molecule has 0 unspecified atom stereocenters. The Hall–Kier alpha value is -1.94. The molecule has 0 amide bonds. The van der Waals surface area contributed by atoms with Gasteiger partial charge in [-0.2, -0.15) is 4.52 Å². The third-order valence-corrected chi connectivity index (χ3v) is 6.15. The van der Waals surface area contributed by atoms with Gasteiger partial charge in [-0.25, -0.2) is 13.6 Å². The van der Waals surface area contributed by atoms with E-state index in [1.54, 1.807) is 22.7 Å². The summed E-state index contributed by atoms with van der Waals surface area (Å²) in [5.74, 6) is 1.42. The second-order valence-electron chi connectivity index (χ2n) is 6.90. The topological polar surface area (TPSA) is 106 Å². The Balaban J connectivity index is 1.60. The molecule has 1 aliphatic heterocycles. The lowest BCUT2D eigenvalue weighted by Crippen LogP contribution is -2.37. The molecule has 4 rings (SSSR count). The summed E-state index contributed by atoms with van der Waals surface area (Å²) in [5.41, 5.74) is 1.33. The molecular formula is C17H18Cl2N6O2S. The van der Waals surface area contributed by atoms with Gasteiger partial charge >= 0.3 is 0 Å². The van der Waals surface area contributed by atoms with E-state index in [0.717, 1.165) is 24.2 Å². The summed E-state index contributed by atoms with van der Waals surface area (Å²) in [4.78, 5) is 2.12. The first kappa shape index (κ1) is 19.4. The Morgan fingerprint density at radius 3 is 2.39 bits per heavy atom. The Kier molecular flexibility index (Phi) is 5.17. The Morgan fingerprint density at radius 2 is 1.75 bits per heavy atom. The number of fused-ring (bicyclic) bond motifs is 1. The van der Waals surface area contributed by atoms with E-state index < -0.39 is 10.0 Å². The zero-order valence-electron chi connectivity index (χ0n) is 14.8. The molecule has 1 fully saturated rings. The molecule has 1 aliphatic rings. The van der Waals surface area contributed by atoms with Crippen LogP contribution in [0.4, 0.5) is 5.82 Å². The minimum atomic E-state index is -3.45. The molecular weight excluding hydrogens is 423 g/mol. The van der Waals surface area contributed by atoms with Gasteiger partial charge in [0, 0.05) is 28.7 Å². The van der Waals surface area contributed by atoms with E-state index in [1.165, 1.54) is 0 Å². The maximum atomic E-state index is 11.3. The number of piperidine rings is 1. The highest BCUT2D eigenvalue weighted by Crippen LogP contribution is 2.27. The number of nitrogens with zero attached hydrogens (tertiary/aromatic N) is 5. The number of primary sulfonamides is 1. The summed E-state index contributed by atoms with van der Waals surface area (Å²) in [6.45, 7) is 1.41. The lowest BCUT2D eigenvalue weighted by molar-refractivity contribution is 0.433. The van der Waals surface area contributed by atoms with Gasteiger partial charge in [-0.05, 0) is 49.1 Å². The average molecular weight is 441 g/mol. The molecule has 2 aromatic heterocycles. The van der Waals surface area contributed by atoms with Crippen LogP contribution in [0.3, 0.4) is 0 Å². The summed E-state index contributed by atoms with van der Waals surface area (Å²) in [6.07, 6.45) is 1.49. The number of hydrogen-bond donors (Lipinski definition) is 1. The number of halogens is 2. The normalized spacial score (nSPS) is 16.0. The summed E-state index contributed by atoms with van der Waals surface area (Å²) in [6, 6.07) is 8.91. The van der Waals surface area contributed by atoms with Crippen molar-refractivity contribution in [1.82, 2.24) is 19.8 Å². The number of benzene rings is 1. The van der Waals surface area contributed by atoms with E-state index in [9.17, 15) is 8.42 Å². The first-order chi connectivity index (χ1) is 13.3. The van der Waals surface area contributed by atoms with Crippen molar-refractivity contribution < 1.29 is 8.42 Å². The fourth-order valence-electron chi connectivity index (χ4n) is 3.47. The molecule has 2 N–H and O–H groups in total. The lowest BCUT2D eigenvalue weighted by Gasteiger charge is -2.32. The van der Waals surface area contributed by atoms with E-state index in [-0.39, 0.29) is 11.7 Å². The quantitative estimate of drug-likeness (QED) is 0.667. The first-order valence-corrected chi connectivity index (χ1v) is 11.2. The highest BCUT2D eigenvalue weighted by atomic mass is 35.5. The van der Waals surface area contributed by atoms with Crippen molar-refractivity contribution in [3.63, 3.8) is 0 Å². The van der Waals surface area contributed by atoms with Crippen molar-refractivity contribution in [3.05, 3.63) is 40.4 Å². The van der Waals surface area contributed by atoms with Crippen molar-refractivity contribution in [2.24, 2.45) is 11.1 Å². The summed E-state index contributed by atoms with van der Waals surface area (Å²) in [7, 11) is -3.45. The molecule has 28 heavy (non-hydrogen) atoms. The van der Waals surface area contributed by atoms with E-state index >= 15 is 0 Å². The predicted octanol–water partition coefficient (Wildman–Crippen LogP) is 2.60. The highest BCUT2D eigenvalue weighted by molar-refractivity contribution is 7.89. The van der Waals surface area contributed by atoms with E-state index in [2.05, 4.69) is 20.2 Å². The highest BCUT2D eigenvalue weighted by Gasteiger charge is 2.24. The van der Waals surface area contributed by atoms with Crippen LogP contribution in [0.5, 0.6) is 0 Å². The molecule has 1 aromatic carbocycles. The van der Waals surface area contributed by atoms with Crippen LogP contribution in [0.1, 0.15) is 12.8 Å².